The van der Waals surface area contributed by atoms with Gasteiger partial charge in [-0.15, -0.1) is 24.8 Å². The molecule has 0 radical (unpaired) electrons. The van der Waals surface area contributed by atoms with Gasteiger partial charge in [-0.2, -0.15) is 0 Å². The van der Waals surface area contributed by atoms with Crippen molar-refractivity contribution in [1.29, 1.82) is 0 Å². The number of benzene rings is 2. The van der Waals surface area contributed by atoms with Gasteiger partial charge in [0.2, 0.25) is 0 Å². The van der Waals surface area contributed by atoms with Gasteiger partial charge >= 0.3 is 185 Å². The predicted molar refractivity (Wildman–Crippen MR) is 134 cm³/mol. The second-order valence-corrected chi connectivity index (χ2v) is 17.1. The molecule has 0 saturated carbocycles. The molecule has 4 aliphatic carbocycles. The van der Waals surface area contributed by atoms with E-state index in [1.807, 2.05) is 0 Å². The summed E-state index contributed by atoms with van der Waals surface area (Å²) in [4.78, 5) is 0. The zero-order valence-corrected chi connectivity index (χ0v) is 22.8. The predicted octanol–water partition coefficient (Wildman–Crippen LogP) is 8.37. The Bertz CT molecular complexity index is 1160. The van der Waals surface area contributed by atoms with Crippen molar-refractivity contribution in [2.45, 2.75) is 20.2 Å². The summed E-state index contributed by atoms with van der Waals surface area (Å²) in [7, 11) is 0. The van der Waals surface area contributed by atoms with Gasteiger partial charge in [0, 0.05) is 0 Å². The van der Waals surface area contributed by atoms with Crippen LogP contribution in [0.4, 0.5) is 0 Å². The van der Waals surface area contributed by atoms with E-state index in [1.54, 1.807) is 11.1 Å². The van der Waals surface area contributed by atoms with Crippen molar-refractivity contribution >= 4 is 48.1 Å². The molecule has 154 valence electrons. The third-order valence-corrected chi connectivity index (χ3v) is 13.6. The first-order chi connectivity index (χ1) is 14.1. The molecule has 0 heterocycles. The molecule has 0 aliphatic heterocycles. The number of fused-ring (bicyclic) bond motifs is 6. The Kier molecular flexibility index (Phi) is 5.83. The molecule has 0 saturated heterocycles. The van der Waals surface area contributed by atoms with Crippen LogP contribution in [0.1, 0.15) is 36.1 Å². The SMILES string of the molecule is C[C]1([Hf][C]2(C)C=CC=C3C2=Cc2ccccc23)C=CC=C2C1=Cc1ccccc12.Cl.Cl. The van der Waals surface area contributed by atoms with Gasteiger partial charge < -0.3 is 0 Å². The molecule has 31 heavy (non-hydrogen) atoms. The van der Waals surface area contributed by atoms with Crippen LogP contribution >= 0.6 is 24.8 Å². The fourth-order valence-electron chi connectivity index (χ4n) is 5.32. The largest absolute Gasteiger partial charge is 0.147 e. The molecule has 0 aromatic heterocycles. The molecule has 4 aliphatic rings. The Morgan fingerprint density at radius 2 is 1.03 bits per heavy atom. The quantitative estimate of drug-likeness (QED) is 0.300. The molecule has 0 amide bonds. The average Bonchev–Trinajstić information content (AvgIpc) is 3.29. The van der Waals surface area contributed by atoms with Gasteiger partial charge in [-0.05, 0) is 0 Å². The molecular weight excluding hydrogens is 586 g/mol. The third kappa shape index (κ3) is 3.37. The minimum atomic E-state index is -1.26. The molecular formula is C28H24Cl2Hf. The van der Waals surface area contributed by atoms with Crippen molar-refractivity contribution in [3.63, 3.8) is 0 Å². The van der Waals surface area contributed by atoms with E-state index < -0.39 is 22.9 Å². The topological polar surface area (TPSA) is 0 Å². The minimum absolute atomic E-state index is 0. The first-order valence-corrected chi connectivity index (χ1v) is 13.9. The number of rotatable bonds is 2. The van der Waals surface area contributed by atoms with Crippen molar-refractivity contribution in [2.24, 2.45) is 0 Å². The van der Waals surface area contributed by atoms with Gasteiger partial charge in [-0.3, -0.25) is 0 Å². The van der Waals surface area contributed by atoms with Crippen molar-refractivity contribution in [1.82, 2.24) is 0 Å². The maximum atomic E-state index is 2.50. The molecule has 2 aromatic rings. The minimum Gasteiger partial charge on any atom is -0.147 e. The van der Waals surface area contributed by atoms with Crippen molar-refractivity contribution in [3.8, 4) is 0 Å². The van der Waals surface area contributed by atoms with E-state index >= 15 is 0 Å². The fourth-order valence-corrected chi connectivity index (χ4v) is 12.9. The maximum Gasteiger partial charge on any atom is -0.147 e. The Hall–Kier alpha value is -1.67. The van der Waals surface area contributed by atoms with Crippen LogP contribution in [0.2, 0.25) is 6.34 Å². The van der Waals surface area contributed by atoms with Gasteiger partial charge in [0.1, 0.15) is 0 Å². The van der Waals surface area contributed by atoms with E-state index in [1.165, 1.54) is 33.4 Å². The first-order valence-electron chi connectivity index (χ1n) is 10.3. The van der Waals surface area contributed by atoms with Crippen molar-refractivity contribution < 1.29 is 22.9 Å². The van der Waals surface area contributed by atoms with Crippen molar-refractivity contribution in [3.05, 3.63) is 118 Å². The van der Waals surface area contributed by atoms with E-state index in [-0.39, 0.29) is 31.2 Å². The van der Waals surface area contributed by atoms with Crippen LogP contribution < -0.4 is 0 Å². The second kappa shape index (κ2) is 8.03. The molecule has 0 fully saturated rings. The summed E-state index contributed by atoms with van der Waals surface area (Å²) in [6, 6.07) is 17.7. The van der Waals surface area contributed by atoms with Crippen LogP contribution in [-0.4, -0.2) is 0 Å². The molecule has 0 N–H and O–H groups in total. The van der Waals surface area contributed by atoms with Crippen LogP contribution in [0, 0.1) is 0 Å². The van der Waals surface area contributed by atoms with Crippen LogP contribution in [0.5, 0.6) is 0 Å². The smallest absolute Gasteiger partial charge is 0.147 e. The summed E-state index contributed by atoms with van der Waals surface area (Å²) in [5.74, 6) is 0. The zero-order valence-electron chi connectivity index (χ0n) is 17.6. The van der Waals surface area contributed by atoms with Gasteiger partial charge in [0.05, 0.1) is 0 Å². The van der Waals surface area contributed by atoms with Gasteiger partial charge in [0.15, 0.2) is 0 Å². The summed E-state index contributed by atoms with van der Waals surface area (Å²) in [5, 5.41) is 0. The normalized spacial score (nSPS) is 26.0. The Balaban J connectivity index is 0.00000116. The third-order valence-electron chi connectivity index (χ3n) is 6.71. The van der Waals surface area contributed by atoms with E-state index in [0.717, 1.165) is 0 Å². The summed E-state index contributed by atoms with van der Waals surface area (Å²) in [5.41, 5.74) is 11.5. The van der Waals surface area contributed by atoms with Crippen molar-refractivity contribution in [2.75, 3.05) is 0 Å². The summed E-state index contributed by atoms with van der Waals surface area (Å²) < 4.78 is 0.389. The maximum absolute atomic E-state index is 2.50. The summed E-state index contributed by atoms with van der Waals surface area (Å²) >= 11 is -1.26. The molecule has 0 bridgehead atoms. The first kappa shape index (κ1) is 22.5. The molecule has 3 heteroatoms. The standard InChI is InChI=1S/2C14H11.2ClH.Hf/c2*1-10-5-4-8-13-12-7-3-2-6-11(12)9-14(10)13;;;/h2*2-9H,1H3;2*1H;. The van der Waals surface area contributed by atoms with Crippen LogP contribution in [-0.2, 0) is 22.9 Å². The van der Waals surface area contributed by atoms with Gasteiger partial charge in [-0.1, -0.05) is 0 Å². The molecule has 6 rings (SSSR count). The van der Waals surface area contributed by atoms with E-state index in [2.05, 4.69) is 111 Å². The molecule has 2 atom stereocenters. The Morgan fingerprint density at radius 1 is 0.613 bits per heavy atom. The number of hydrogen-bond donors (Lipinski definition) is 0. The average molecular weight is 610 g/mol. The molecule has 2 unspecified atom stereocenters. The number of allylic oxidation sites excluding steroid dienone is 10. The van der Waals surface area contributed by atoms with Crippen LogP contribution in [0.15, 0.2) is 96.1 Å². The van der Waals surface area contributed by atoms with Gasteiger partial charge in [0.25, 0.3) is 0 Å². The fraction of sp³-hybridized carbons (Fsp3) is 0.143. The number of hydrogen-bond acceptors (Lipinski definition) is 0. The molecule has 2 aromatic carbocycles. The summed E-state index contributed by atoms with van der Waals surface area (Å²) in [6.45, 7) is 4.99. The second-order valence-electron chi connectivity index (χ2n) is 8.70. The Morgan fingerprint density at radius 3 is 1.48 bits per heavy atom. The Labute approximate surface area is 208 Å². The van der Waals surface area contributed by atoms with Crippen LogP contribution in [0.3, 0.4) is 0 Å². The van der Waals surface area contributed by atoms with E-state index in [9.17, 15) is 0 Å². The monoisotopic (exact) mass is 610 g/mol. The van der Waals surface area contributed by atoms with E-state index in [4.69, 9.17) is 0 Å². The molecule has 0 spiro atoms. The van der Waals surface area contributed by atoms with Gasteiger partial charge in [-0.25, -0.2) is 0 Å². The summed E-state index contributed by atoms with van der Waals surface area (Å²) in [6.07, 6.45) is 19.2. The van der Waals surface area contributed by atoms with Crippen LogP contribution in [0.25, 0.3) is 23.3 Å². The zero-order chi connectivity index (χ0) is 19.6. The molecule has 0 nitrogen and oxygen atoms in total. The number of halogens is 2. The van der Waals surface area contributed by atoms with E-state index in [0.29, 0.717) is 0 Å².